The molecule has 1 unspecified atom stereocenters. The average Bonchev–Trinajstić information content (AvgIpc) is 2.51. The summed E-state index contributed by atoms with van der Waals surface area (Å²) in [5.74, 6) is 6.38. The van der Waals surface area contributed by atoms with Crippen molar-refractivity contribution in [1.82, 2.24) is 5.43 Å². The van der Waals surface area contributed by atoms with E-state index in [4.69, 9.17) is 26.9 Å². The molecule has 116 valence electrons. The molecule has 0 heterocycles. The summed E-state index contributed by atoms with van der Waals surface area (Å²) in [5.41, 5.74) is 2.04. The van der Waals surface area contributed by atoms with Crippen LogP contribution in [0, 0.1) is 3.57 Å². The summed E-state index contributed by atoms with van der Waals surface area (Å²) < 4.78 is 12.2. The van der Waals surface area contributed by atoms with Gasteiger partial charge in [-0.1, -0.05) is 11.6 Å². The number of rotatable bonds is 5. The van der Waals surface area contributed by atoms with Crippen molar-refractivity contribution in [3.8, 4) is 17.2 Å². The van der Waals surface area contributed by atoms with E-state index in [2.05, 4.69) is 22.6 Å². The van der Waals surface area contributed by atoms with Crippen LogP contribution in [0.1, 0.15) is 6.92 Å². The number of hydrogen-bond donors (Lipinski definition) is 2. The van der Waals surface area contributed by atoms with Crippen LogP contribution in [0.25, 0.3) is 0 Å². The molecule has 1 atom stereocenters. The second kappa shape index (κ2) is 7.66. The van der Waals surface area contributed by atoms with Crippen molar-refractivity contribution in [3.05, 3.63) is 51.1 Å². The summed E-state index contributed by atoms with van der Waals surface area (Å²) in [6.07, 6.45) is -0.678. The van der Waals surface area contributed by atoms with Gasteiger partial charge in [-0.05, 0) is 72.0 Å². The topological polar surface area (TPSA) is 73.6 Å². The first-order valence-corrected chi connectivity index (χ1v) is 7.85. The van der Waals surface area contributed by atoms with Crippen LogP contribution in [0.4, 0.5) is 0 Å². The number of hydrogen-bond acceptors (Lipinski definition) is 4. The molecule has 0 fully saturated rings. The Labute approximate surface area is 146 Å². The van der Waals surface area contributed by atoms with Crippen LogP contribution >= 0.6 is 34.2 Å². The molecular weight excluding hydrogens is 419 g/mol. The van der Waals surface area contributed by atoms with Crippen LogP contribution in [0.5, 0.6) is 17.2 Å². The molecule has 1 amide bonds. The summed E-state index contributed by atoms with van der Waals surface area (Å²) in [7, 11) is 0. The molecule has 2 aromatic carbocycles. The number of nitrogens with one attached hydrogen (secondary N) is 1. The lowest BCUT2D eigenvalue weighted by molar-refractivity contribution is -0.127. The summed E-state index contributed by atoms with van der Waals surface area (Å²) in [6, 6.07) is 12.4. The predicted molar refractivity (Wildman–Crippen MR) is 93.1 cm³/mol. The highest BCUT2D eigenvalue weighted by molar-refractivity contribution is 14.1. The zero-order chi connectivity index (χ0) is 16.1. The van der Waals surface area contributed by atoms with Gasteiger partial charge in [-0.25, -0.2) is 5.84 Å². The first-order valence-electron chi connectivity index (χ1n) is 6.39. The van der Waals surface area contributed by atoms with Gasteiger partial charge in [-0.2, -0.15) is 0 Å². The van der Waals surface area contributed by atoms with Crippen molar-refractivity contribution < 1.29 is 14.3 Å². The first-order chi connectivity index (χ1) is 10.5. The fraction of sp³-hybridized carbons (Fsp3) is 0.133. The van der Waals surface area contributed by atoms with Crippen molar-refractivity contribution in [1.29, 1.82) is 0 Å². The van der Waals surface area contributed by atoms with Crippen LogP contribution in [0.2, 0.25) is 5.02 Å². The van der Waals surface area contributed by atoms with E-state index in [0.29, 0.717) is 22.3 Å². The fourth-order valence-electron chi connectivity index (χ4n) is 1.65. The maximum Gasteiger partial charge on any atom is 0.274 e. The smallest absolute Gasteiger partial charge is 0.274 e. The Morgan fingerprint density at radius 3 is 2.45 bits per heavy atom. The molecule has 3 N–H and O–H groups in total. The standard InChI is InChI=1S/C15H14ClIN2O3/c1-9(15(20)19-18)21-11-3-5-12(6-4-11)22-14-7-2-10(17)8-13(14)16/h2-9H,18H2,1H3,(H,19,20). The Hall–Kier alpha value is -1.51. The van der Waals surface area contributed by atoms with Crippen molar-refractivity contribution >= 4 is 40.1 Å². The highest BCUT2D eigenvalue weighted by atomic mass is 127. The molecule has 0 saturated carbocycles. The third kappa shape index (κ3) is 4.49. The second-order valence-corrected chi connectivity index (χ2v) is 6.07. The Morgan fingerprint density at radius 1 is 1.23 bits per heavy atom. The van der Waals surface area contributed by atoms with Gasteiger partial charge >= 0.3 is 0 Å². The minimum atomic E-state index is -0.678. The quantitative estimate of drug-likeness (QED) is 0.328. The number of carbonyl (C=O) groups excluding carboxylic acids is 1. The minimum Gasteiger partial charge on any atom is -0.481 e. The summed E-state index contributed by atoms with van der Waals surface area (Å²) in [6.45, 7) is 1.61. The zero-order valence-electron chi connectivity index (χ0n) is 11.7. The third-order valence-corrected chi connectivity index (χ3v) is 3.74. The summed E-state index contributed by atoms with van der Waals surface area (Å²) in [5, 5.41) is 0.542. The van der Waals surface area contributed by atoms with Crippen molar-refractivity contribution in [2.75, 3.05) is 0 Å². The molecule has 0 spiro atoms. The highest BCUT2D eigenvalue weighted by Crippen LogP contribution is 2.31. The molecule has 0 aliphatic heterocycles. The maximum absolute atomic E-state index is 11.3. The Morgan fingerprint density at radius 2 is 1.86 bits per heavy atom. The van der Waals surface area contributed by atoms with Crippen LogP contribution in [0.15, 0.2) is 42.5 Å². The predicted octanol–water partition coefficient (Wildman–Crippen LogP) is 3.49. The zero-order valence-corrected chi connectivity index (χ0v) is 14.6. The van der Waals surface area contributed by atoms with Crippen LogP contribution in [0.3, 0.4) is 0 Å². The van der Waals surface area contributed by atoms with Crippen LogP contribution in [-0.4, -0.2) is 12.0 Å². The lowest BCUT2D eigenvalue weighted by Crippen LogP contribution is -2.40. The van der Waals surface area contributed by atoms with Gasteiger partial charge in [-0.3, -0.25) is 10.2 Å². The molecule has 22 heavy (non-hydrogen) atoms. The first kappa shape index (κ1) is 16.9. The lowest BCUT2D eigenvalue weighted by atomic mass is 10.3. The molecule has 0 aliphatic carbocycles. The Kier molecular flexibility index (Phi) is 5.87. The fourth-order valence-corrected chi connectivity index (χ4v) is 2.54. The van der Waals surface area contributed by atoms with Gasteiger partial charge in [0.15, 0.2) is 6.10 Å². The molecule has 0 aliphatic rings. The van der Waals surface area contributed by atoms with Gasteiger partial charge in [0.1, 0.15) is 17.2 Å². The van der Waals surface area contributed by atoms with Gasteiger partial charge in [-0.15, -0.1) is 0 Å². The SMILES string of the molecule is CC(Oc1ccc(Oc2ccc(I)cc2Cl)cc1)C(=O)NN. The number of amides is 1. The number of carbonyl (C=O) groups is 1. The van der Waals surface area contributed by atoms with E-state index < -0.39 is 12.0 Å². The summed E-state index contributed by atoms with van der Waals surface area (Å²) in [4.78, 5) is 11.3. The van der Waals surface area contributed by atoms with Gasteiger partial charge in [0.2, 0.25) is 0 Å². The van der Waals surface area contributed by atoms with E-state index in [1.54, 1.807) is 31.2 Å². The van der Waals surface area contributed by atoms with Crippen molar-refractivity contribution in [2.24, 2.45) is 5.84 Å². The van der Waals surface area contributed by atoms with E-state index >= 15 is 0 Å². The number of ether oxygens (including phenoxy) is 2. The maximum atomic E-state index is 11.3. The molecule has 7 heteroatoms. The van der Waals surface area contributed by atoms with Crippen molar-refractivity contribution in [2.45, 2.75) is 13.0 Å². The summed E-state index contributed by atoms with van der Waals surface area (Å²) >= 11 is 8.30. The molecule has 0 radical (unpaired) electrons. The number of benzene rings is 2. The third-order valence-electron chi connectivity index (χ3n) is 2.77. The normalized spacial score (nSPS) is 11.6. The van der Waals surface area contributed by atoms with Gasteiger partial charge in [0, 0.05) is 3.57 Å². The highest BCUT2D eigenvalue weighted by Gasteiger charge is 2.13. The van der Waals surface area contributed by atoms with Crippen LogP contribution in [-0.2, 0) is 4.79 Å². The molecule has 2 rings (SSSR count). The minimum absolute atomic E-state index is 0.397. The second-order valence-electron chi connectivity index (χ2n) is 4.42. The molecular formula is C15H14ClIN2O3. The van der Waals surface area contributed by atoms with Gasteiger partial charge in [0.25, 0.3) is 5.91 Å². The van der Waals surface area contributed by atoms with E-state index in [-0.39, 0.29) is 0 Å². The van der Waals surface area contributed by atoms with Gasteiger partial charge in [0.05, 0.1) is 5.02 Å². The molecule has 0 bridgehead atoms. The largest absolute Gasteiger partial charge is 0.481 e. The molecule has 0 saturated heterocycles. The monoisotopic (exact) mass is 432 g/mol. The number of halogens is 2. The molecule has 2 aromatic rings. The van der Waals surface area contributed by atoms with E-state index in [9.17, 15) is 4.79 Å². The average molecular weight is 433 g/mol. The van der Waals surface area contributed by atoms with Crippen molar-refractivity contribution in [3.63, 3.8) is 0 Å². The van der Waals surface area contributed by atoms with E-state index in [0.717, 1.165) is 3.57 Å². The van der Waals surface area contributed by atoms with Crippen LogP contribution < -0.4 is 20.7 Å². The van der Waals surface area contributed by atoms with Gasteiger partial charge < -0.3 is 9.47 Å². The lowest BCUT2D eigenvalue weighted by Gasteiger charge is -2.13. The van der Waals surface area contributed by atoms with E-state index in [1.165, 1.54) is 0 Å². The Balaban J connectivity index is 2.04. The number of hydrazine groups is 1. The Bertz CT molecular complexity index is 664. The molecule has 0 aromatic heterocycles. The number of nitrogens with two attached hydrogens (primary N) is 1. The molecule has 5 nitrogen and oxygen atoms in total. The van der Waals surface area contributed by atoms with E-state index in [1.807, 2.05) is 23.6 Å².